The quantitative estimate of drug-likeness (QED) is 0.353. The van der Waals surface area contributed by atoms with E-state index in [-0.39, 0.29) is 11.7 Å². The molecule has 1 N–H and O–H groups in total. The third-order valence-corrected chi connectivity index (χ3v) is 5.81. The summed E-state index contributed by atoms with van der Waals surface area (Å²) in [6.45, 7) is 5.19. The third kappa shape index (κ3) is 6.31. The number of amides is 1. The van der Waals surface area contributed by atoms with E-state index in [0.717, 1.165) is 30.6 Å². The van der Waals surface area contributed by atoms with E-state index in [1.807, 2.05) is 38.1 Å². The molecule has 0 bridgehead atoms. The predicted octanol–water partition coefficient (Wildman–Crippen LogP) is 4.15. The number of rotatable bonds is 9. The minimum atomic E-state index is -0.940. The lowest BCUT2D eigenvalue weighted by Gasteiger charge is -2.22. The summed E-state index contributed by atoms with van der Waals surface area (Å²) in [5, 5.41) is 2.69. The summed E-state index contributed by atoms with van der Waals surface area (Å²) in [6.07, 6.45) is 5.18. The molecule has 6 nitrogen and oxygen atoms in total. The molecular weight excluding hydrogens is 418 g/mol. The second-order valence-corrected chi connectivity index (χ2v) is 8.62. The lowest BCUT2D eigenvalue weighted by atomic mass is 10.0. The summed E-state index contributed by atoms with van der Waals surface area (Å²) in [5.41, 5.74) is 3.84. The van der Waals surface area contributed by atoms with E-state index < -0.39 is 24.0 Å². The van der Waals surface area contributed by atoms with Crippen LogP contribution in [-0.4, -0.2) is 36.9 Å². The zero-order valence-electron chi connectivity index (χ0n) is 19.6. The smallest absolute Gasteiger partial charge is 0.329 e. The molecule has 1 aliphatic rings. The van der Waals surface area contributed by atoms with Crippen LogP contribution in [0.2, 0.25) is 0 Å². The Balaban J connectivity index is 1.59. The number of benzene rings is 2. The Kier molecular flexibility index (Phi) is 8.04. The van der Waals surface area contributed by atoms with Crippen LogP contribution >= 0.6 is 0 Å². The highest BCUT2D eigenvalue weighted by molar-refractivity contribution is 6.01. The Labute approximate surface area is 195 Å². The molecule has 0 saturated carbocycles. The predicted molar refractivity (Wildman–Crippen MR) is 127 cm³/mol. The fraction of sp³-hybridized carbons (Fsp3) is 0.370. The number of ketones is 1. The highest BCUT2D eigenvalue weighted by Gasteiger charge is 2.29. The van der Waals surface area contributed by atoms with E-state index in [9.17, 15) is 14.4 Å². The molecule has 0 aromatic heterocycles. The van der Waals surface area contributed by atoms with E-state index in [1.54, 1.807) is 38.3 Å². The average molecular weight is 450 g/mol. The number of ether oxygens (including phenoxy) is 2. The standard InChI is InChI=1S/C27H31NO5/c1-17(2)25(28-24(29)15-10-19-8-13-23(32-4)14-9-19)27(31)33-18(3)26(30)22-12-11-20-6-5-7-21(20)16-22/h8-18,25H,5-7H2,1-4H3,(H,28,29)/t18?,25-/m0/s1. The van der Waals surface area contributed by atoms with Gasteiger partial charge in [-0.05, 0) is 73.1 Å². The Bertz CT molecular complexity index is 1040. The Morgan fingerprint density at radius 3 is 2.33 bits per heavy atom. The average Bonchev–Trinajstić information content (AvgIpc) is 3.28. The summed E-state index contributed by atoms with van der Waals surface area (Å²) >= 11 is 0. The van der Waals surface area contributed by atoms with Crippen molar-refractivity contribution in [3.63, 3.8) is 0 Å². The van der Waals surface area contributed by atoms with Gasteiger partial charge in [-0.25, -0.2) is 4.79 Å². The second-order valence-electron chi connectivity index (χ2n) is 8.62. The number of methoxy groups -OCH3 is 1. The summed E-state index contributed by atoms with van der Waals surface area (Å²) in [4.78, 5) is 38.0. The van der Waals surface area contributed by atoms with Gasteiger partial charge >= 0.3 is 5.97 Å². The first kappa shape index (κ1) is 24.2. The number of carbonyl (C=O) groups is 3. The van der Waals surface area contributed by atoms with Crippen molar-refractivity contribution in [2.45, 2.75) is 52.2 Å². The summed E-state index contributed by atoms with van der Waals surface area (Å²) in [6, 6.07) is 12.1. The maximum absolute atomic E-state index is 12.8. The minimum absolute atomic E-state index is 0.210. The highest BCUT2D eigenvalue weighted by Crippen LogP contribution is 2.23. The number of esters is 1. The van der Waals surface area contributed by atoms with Gasteiger partial charge in [0.2, 0.25) is 11.7 Å². The zero-order chi connectivity index (χ0) is 24.0. The molecule has 3 rings (SSSR count). The van der Waals surface area contributed by atoms with E-state index in [4.69, 9.17) is 9.47 Å². The fourth-order valence-electron chi connectivity index (χ4n) is 3.85. The largest absolute Gasteiger partial charge is 0.497 e. The summed E-state index contributed by atoms with van der Waals surface area (Å²) in [5.74, 6) is -0.774. The van der Waals surface area contributed by atoms with Crippen molar-refractivity contribution in [1.82, 2.24) is 5.32 Å². The number of aryl methyl sites for hydroxylation is 2. The molecule has 33 heavy (non-hydrogen) atoms. The van der Waals surface area contributed by atoms with Crippen LogP contribution in [0.4, 0.5) is 0 Å². The van der Waals surface area contributed by atoms with Crippen molar-refractivity contribution in [2.24, 2.45) is 5.92 Å². The van der Waals surface area contributed by atoms with Crippen LogP contribution < -0.4 is 10.1 Å². The number of nitrogens with one attached hydrogen (secondary N) is 1. The Morgan fingerprint density at radius 2 is 1.67 bits per heavy atom. The first-order chi connectivity index (χ1) is 15.8. The molecule has 174 valence electrons. The first-order valence-corrected chi connectivity index (χ1v) is 11.3. The van der Waals surface area contributed by atoms with Gasteiger partial charge in [-0.15, -0.1) is 0 Å². The monoisotopic (exact) mass is 449 g/mol. The van der Waals surface area contributed by atoms with Gasteiger partial charge in [-0.1, -0.05) is 38.1 Å². The maximum atomic E-state index is 12.8. The Hall–Kier alpha value is -3.41. The van der Waals surface area contributed by atoms with Gasteiger partial charge in [0, 0.05) is 11.6 Å². The zero-order valence-corrected chi connectivity index (χ0v) is 19.6. The van der Waals surface area contributed by atoms with Crippen LogP contribution in [0.25, 0.3) is 6.08 Å². The Morgan fingerprint density at radius 1 is 0.970 bits per heavy atom. The van der Waals surface area contributed by atoms with Gasteiger partial charge in [0.25, 0.3) is 0 Å². The normalized spacial score (nSPS) is 14.6. The molecule has 0 aliphatic heterocycles. The molecule has 0 heterocycles. The molecule has 0 fully saturated rings. The van der Waals surface area contributed by atoms with Crippen LogP contribution in [0.5, 0.6) is 5.75 Å². The number of Topliss-reactive ketones (excluding diaryl/α,β-unsaturated/α-hetero) is 1. The molecule has 1 aliphatic carbocycles. The molecule has 2 aromatic carbocycles. The van der Waals surface area contributed by atoms with Gasteiger partial charge < -0.3 is 14.8 Å². The van der Waals surface area contributed by atoms with E-state index in [2.05, 4.69) is 5.32 Å². The van der Waals surface area contributed by atoms with Crippen molar-refractivity contribution in [2.75, 3.05) is 7.11 Å². The number of fused-ring (bicyclic) bond motifs is 1. The molecule has 0 radical (unpaired) electrons. The van der Waals surface area contributed by atoms with E-state index in [1.165, 1.54) is 17.2 Å². The molecule has 2 aromatic rings. The van der Waals surface area contributed by atoms with Crippen molar-refractivity contribution in [3.8, 4) is 5.75 Å². The lowest BCUT2D eigenvalue weighted by Crippen LogP contribution is -2.46. The number of carbonyl (C=O) groups excluding carboxylic acids is 3. The molecule has 1 amide bonds. The van der Waals surface area contributed by atoms with Gasteiger partial charge in [-0.3, -0.25) is 9.59 Å². The summed E-state index contributed by atoms with van der Waals surface area (Å²) < 4.78 is 10.6. The van der Waals surface area contributed by atoms with E-state index in [0.29, 0.717) is 5.56 Å². The molecular formula is C27H31NO5. The van der Waals surface area contributed by atoms with Gasteiger partial charge in [0.1, 0.15) is 11.8 Å². The van der Waals surface area contributed by atoms with Gasteiger partial charge in [-0.2, -0.15) is 0 Å². The van der Waals surface area contributed by atoms with Crippen molar-refractivity contribution in [3.05, 3.63) is 70.8 Å². The molecule has 1 unspecified atom stereocenters. The van der Waals surface area contributed by atoms with Crippen molar-refractivity contribution in [1.29, 1.82) is 0 Å². The number of hydrogen-bond acceptors (Lipinski definition) is 5. The number of hydrogen-bond donors (Lipinski definition) is 1. The van der Waals surface area contributed by atoms with Crippen LogP contribution in [0, 0.1) is 5.92 Å². The molecule has 2 atom stereocenters. The SMILES string of the molecule is COc1ccc(C=CC(=O)N[C@H](C(=O)OC(C)C(=O)c2ccc3c(c2)CCC3)C(C)C)cc1. The molecule has 6 heteroatoms. The van der Waals surface area contributed by atoms with Crippen LogP contribution in [0.3, 0.4) is 0 Å². The second kappa shape index (κ2) is 10.9. The third-order valence-electron chi connectivity index (χ3n) is 5.81. The molecule has 0 spiro atoms. The van der Waals surface area contributed by atoms with E-state index >= 15 is 0 Å². The minimum Gasteiger partial charge on any atom is -0.497 e. The van der Waals surface area contributed by atoms with Crippen LogP contribution in [-0.2, 0) is 27.2 Å². The first-order valence-electron chi connectivity index (χ1n) is 11.3. The van der Waals surface area contributed by atoms with Crippen LogP contribution in [0.15, 0.2) is 48.5 Å². The summed E-state index contributed by atoms with van der Waals surface area (Å²) in [7, 11) is 1.59. The maximum Gasteiger partial charge on any atom is 0.329 e. The van der Waals surface area contributed by atoms with Crippen LogP contribution in [0.1, 0.15) is 54.2 Å². The topological polar surface area (TPSA) is 81.7 Å². The lowest BCUT2D eigenvalue weighted by molar-refractivity contribution is -0.151. The fourth-order valence-corrected chi connectivity index (χ4v) is 3.85. The van der Waals surface area contributed by atoms with Gasteiger partial charge in [0.05, 0.1) is 7.11 Å². The molecule has 0 saturated heterocycles. The van der Waals surface area contributed by atoms with Crippen molar-refractivity contribution < 1.29 is 23.9 Å². The highest BCUT2D eigenvalue weighted by atomic mass is 16.5. The van der Waals surface area contributed by atoms with Crippen molar-refractivity contribution >= 4 is 23.7 Å². The van der Waals surface area contributed by atoms with Gasteiger partial charge in [0.15, 0.2) is 6.10 Å².